The minimum atomic E-state index is -3.06. The number of nitrogen functional groups attached to an aromatic ring is 1. The highest BCUT2D eigenvalue weighted by Crippen LogP contribution is 2.02. The van der Waals surface area contributed by atoms with Gasteiger partial charge in [0.25, 0.3) is 5.91 Å². The third-order valence-electron chi connectivity index (χ3n) is 1.80. The smallest absolute Gasteiger partial charge is 0.251 e. The Labute approximate surface area is 93.8 Å². The molecular formula is C9H13N3O3S. The first-order chi connectivity index (χ1) is 7.38. The number of hydrogen-bond donors (Lipinski definition) is 2. The SMILES string of the molecule is CS(=O)(=O)CCNC(=O)c1ccnc(N)c1. The van der Waals surface area contributed by atoms with E-state index in [9.17, 15) is 13.2 Å². The molecule has 0 aliphatic carbocycles. The van der Waals surface area contributed by atoms with Crippen molar-refractivity contribution in [1.82, 2.24) is 10.3 Å². The second-order valence-electron chi connectivity index (χ2n) is 3.36. The number of nitrogens with two attached hydrogens (primary N) is 1. The van der Waals surface area contributed by atoms with Gasteiger partial charge in [-0.3, -0.25) is 4.79 Å². The van der Waals surface area contributed by atoms with Gasteiger partial charge in [-0.05, 0) is 12.1 Å². The lowest BCUT2D eigenvalue weighted by Gasteiger charge is -2.04. The summed E-state index contributed by atoms with van der Waals surface area (Å²) in [5.74, 6) is -0.201. The first kappa shape index (κ1) is 12.4. The minimum absolute atomic E-state index is 0.0832. The number of aromatic nitrogens is 1. The van der Waals surface area contributed by atoms with Gasteiger partial charge in [-0.2, -0.15) is 0 Å². The van der Waals surface area contributed by atoms with Gasteiger partial charge in [0, 0.05) is 24.6 Å². The fourth-order valence-corrected chi connectivity index (χ4v) is 1.51. The quantitative estimate of drug-likeness (QED) is 0.738. The summed E-state index contributed by atoms with van der Waals surface area (Å²) in [6, 6.07) is 2.93. The van der Waals surface area contributed by atoms with Crippen molar-refractivity contribution >= 4 is 21.6 Å². The maximum atomic E-state index is 11.5. The molecule has 0 aliphatic heterocycles. The third kappa shape index (κ3) is 4.26. The predicted molar refractivity (Wildman–Crippen MR) is 60.7 cm³/mol. The van der Waals surface area contributed by atoms with E-state index in [1.165, 1.54) is 18.3 Å². The molecule has 0 saturated carbocycles. The number of nitrogens with one attached hydrogen (secondary N) is 1. The summed E-state index contributed by atoms with van der Waals surface area (Å²) in [4.78, 5) is 15.2. The fourth-order valence-electron chi connectivity index (χ4n) is 1.04. The van der Waals surface area contributed by atoms with Crippen molar-refractivity contribution in [2.45, 2.75) is 0 Å². The number of sulfone groups is 1. The number of rotatable bonds is 4. The zero-order valence-electron chi connectivity index (χ0n) is 8.80. The van der Waals surface area contributed by atoms with E-state index < -0.39 is 9.84 Å². The van der Waals surface area contributed by atoms with E-state index in [1.807, 2.05) is 0 Å². The summed E-state index contributed by atoms with van der Waals surface area (Å²) >= 11 is 0. The van der Waals surface area contributed by atoms with Gasteiger partial charge in [0.05, 0.1) is 5.75 Å². The zero-order chi connectivity index (χ0) is 12.2. The van der Waals surface area contributed by atoms with Crippen molar-refractivity contribution in [2.24, 2.45) is 0 Å². The number of carbonyl (C=O) groups excluding carboxylic acids is 1. The first-order valence-corrected chi connectivity index (χ1v) is 6.62. The molecule has 0 unspecified atom stereocenters. The van der Waals surface area contributed by atoms with Crippen molar-refractivity contribution in [2.75, 3.05) is 24.3 Å². The minimum Gasteiger partial charge on any atom is -0.384 e. The van der Waals surface area contributed by atoms with E-state index in [4.69, 9.17) is 5.73 Å². The lowest BCUT2D eigenvalue weighted by Crippen LogP contribution is -2.28. The zero-order valence-corrected chi connectivity index (χ0v) is 9.62. The molecule has 0 fully saturated rings. The standard InChI is InChI=1S/C9H13N3O3S/c1-16(14,15)5-4-12-9(13)7-2-3-11-8(10)6-7/h2-3,6H,4-5H2,1H3,(H2,10,11)(H,12,13). The first-order valence-electron chi connectivity index (χ1n) is 4.56. The average molecular weight is 243 g/mol. The molecule has 7 heteroatoms. The molecule has 1 heterocycles. The maximum absolute atomic E-state index is 11.5. The Morgan fingerprint density at radius 3 is 2.81 bits per heavy atom. The van der Waals surface area contributed by atoms with Crippen LogP contribution >= 0.6 is 0 Å². The molecule has 0 aliphatic rings. The van der Waals surface area contributed by atoms with Gasteiger partial charge in [0.1, 0.15) is 15.7 Å². The largest absolute Gasteiger partial charge is 0.384 e. The third-order valence-corrected chi connectivity index (χ3v) is 2.75. The van der Waals surface area contributed by atoms with Crippen LogP contribution in [0.3, 0.4) is 0 Å². The second-order valence-corrected chi connectivity index (χ2v) is 5.61. The Kier molecular flexibility index (Phi) is 3.83. The number of hydrogen-bond acceptors (Lipinski definition) is 5. The van der Waals surface area contributed by atoms with Gasteiger partial charge in [0.15, 0.2) is 0 Å². The summed E-state index contributed by atoms with van der Waals surface area (Å²) in [5, 5.41) is 2.48. The van der Waals surface area contributed by atoms with Crippen molar-refractivity contribution in [1.29, 1.82) is 0 Å². The Hall–Kier alpha value is -1.63. The molecule has 0 bridgehead atoms. The van der Waals surface area contributed by atoms with Crippen LogP contribution in [0.25, 0.3) is 0 Å². The van der Waals surface area contributed by atoms with Crippen LogP contribution in [0, 0.1) is 0 Å². The number of pyridine rings is 1. The second kappa shape index (κ2) is 4.93. The molecule has 0 radical (unpaired) electrons. The molecule has 1 aromatic heterocycles. The van der Waals surface area contributed by atoms with E-state index in [-0.39, 0.29) is 24.0 Å². The molecule has 0 saturated heterocycles. The highest BCUT2D eigenvalue weighted by molar-refractivity contribution is 7.90. The van der Waals surface area contributed by atoms with Crippen LogP contribution in [-0.2, 0) is 9.84 Å². The molecule has 1 rings (SSSR count). The molecule has 3 N–H and O–H groups in total. The highest BCUT2D eigenvalue weighted by atomic mass is 32.2. The predicted octanol–water partition coefficient (Wildman–Crippen LogP) is -0.562. The molecule has 88 valence electrons. The Morgan fingerprint density at radius 2 is 2.25 bits per heavy atom. The van der Waals surface area contributed by atoms with Gasteiger partial charge in [0.2, 0.25) is 0 Å². The van der Waals surface area contributed by atoms with E-state index in [0.29, 0.717) is 5.56 Å². The molecule has 1 amide bonds. The van der Waals surface area contributed by atoms with Crippen molar-refractivity contribution in [3.8, 4) is 0 Å². The van der Waals surface area contributed by atoms with Crippen molar-refractivity contribution in [3.63, 3.8) is 0 Å². The Morgan fingerprint density at radius 1 is 1.56 bits per heavy atom. The van der Waals surface area contributed by atoms with Gasteiger partial charge >= 0.3 is 0 Å². The van der Waals surface area contributed by atoms with Crippen LogP contribution in [-0.4, -0.2) is 37.9 Å². The van der Waals surface area contributed by atoms with E-state index in [2.05, 4.69) is 10.3 Å². The molecule has 0 aromatic carbocycles. The van der Waals surface area contributed by atoms with Crippen LogP contribution < -0.4 is 11.1 Å². The summed E-state index contributed by atoms with van der Waals surface area (Å²) in [6.07, 6.45) is 2.53. The number of carbonyl (C=O) groups is 1. The molecule has 0 spiro atoms. The molecule has 1 aromatic rings. The van der Waals surface area contributed by atoms with Gasteiger partial charge in [-0.25, -0.2) is 13.4 Å². The number of amides is 1. The molecule has 6 nitrogen and oxygen atoms in total. The Bertz CT molecular complexity index is 485. The summed E-state index contributed by atoms with van der Waals surface area (Å²) in [6.45, 7) is 0.0832. The van der Waals surface area contributed by atoms with Crippen molar-refractivity contribution < 1.29 is 13.2 Å². The summed E-state index contributed by atoms with van der Waals surface area (Å²) in [5.41, 5.74) is 5.77. The summed E-state index contributed by atoms with van der Waals surface area (Å²) < 4.78 is 21.6. The topological polar surface area (TPSA) is 102 Å². The number of nitrogens with zero attached hydrogens (tertiary/aromatic N) is 1. The van der Waals surface area contributed by atoms with Gasteiger partial charge in [-0.15, -0.1) is 0 Å². The highest BCUT2D eigenvalue weighted by Gasteiger charge is 2.07. The van der Waals surface area contributed by atoms with Crippen LogP contribution in [0.1, 0.15) is 10.4 Å². The van der Waals surface area contributed by atoms with Crippen LogP contribution in [0.15, 0.2) is 18.3 Å². The van der Waals surface area contributed by atoms with Gasteiger partial charge < -0.3 is 11.1 Å². The number of anilines is 1. The molecule has 0 atom stereocenters. The summed E-state index contributed by atoms with van der Waals surface area (Å²) in [7, 11) is -3.06. The lowest BCUT2D eigenvalue weighted by atomic mass is 10.2. The monoisotopic (exact) mass is 243 g/mol. The van der Waals surface area contributed by atoms with Crippen LogP contribution in [0.5, 0.6) is 0 Å². The Balaban J connectivity index is 2.54. The molecule has 16 heavy (non-hydrogen) atoms. The van der Waals surface area contributed by atoms with E-state index in [1.54, 1.807) is 0 Å². The molecular weight excluding hydrogens is 230 g/mol. The van der Waals surface area contributed by atoms with Crippen molar-refractivity contribution in [3.05, 3.63) is 23.9 Å². The maximum Gasteiger partial charge on any atom is 0.251 e. The van der Waals surface area contributed by atoms with Crippen LogP contribution in [0.2, 0.25) is 0 Å². The van der Waals surface area contributed by atoms with Gasteiger partial charge in [-0.1, -0.05) is 0 Å². The van der Waals surface area contributed by atoms with E-state index in [0.717, 1.165) is 6.26 Å². The fraction of sp³-hybridized carbons (Fsp3) is 0.333. The normalized spacial score (nSPS) is 11.1. The average Bonchev–Trinajstić information content (AvgIpc) is 2.15. The lowest BCUT2D eigenvalue weighted by molar-refractivity contribution is 0.0956. The van der Waals surface area contributed by atoms with Crippen LogP contribution in [0.4, 0.5) is 5.82 Å². The van der Waals surface area contributed by atoms with E-state index >= 15 is 0 Å².